The van der Waals surface area contributed by atoms with Crippen LogP contribution in [-0.2, 0) is 16.4 Å². The van der Waals surface area contributed by atoms with Gasteiger partial charge in [0.2, 0.25) is 0 Å². The largest absolute Gasteiger partial charge is 0.337 e. The molecule has 0 fully saturated rings. The van der Waals surface area contributed by atoms with Crippen molar-refractivity contribution in [2.24, 2.45) is 0 Å². The van der Waals surface area contributed by atoms with Gasteiger partial charge in [0.1, 0.15) is 0 Å². The third-order valence-corrected chi connectivity index (χ3v) is 4.94. The number of hydrogen-bond donors (Lipinski definition) is 1. The van der Waals surface area contributed by atoms with Gasteiger partial charge in [-0.05, 0) is 12.1 Å². The fourth-order valence-electron chi connectivity index (χ4n) is 1.99. The third-order valence-electron chi connectivity index (χ3n) is 3.15. The molecule has 7 heteroatoms. The summed E-state index contributed by atoms with van der Waals surface area (Å²) in [6, 6.07) is 6.29. The van der Waals surface area contributed by atoms with E-state index in [-0.39, 0.29) is 22.1 Å². The number of benzene rings is 1. The minimum absolute atomic E-state index is 0.0390. The van der Waals surface area contributed by atoms with Crippen LogP contribution in [0.3, 0.4) is 0 Å². The van der Waals surface area contributed by atoms with E-state index >= 15 is 0 Å². The first-order chi connectivity index (χ1) is 9.95. The van der Waals surface area contributed by atoms with E-state index in [9.17, 15) is 13.2 Å². The maximum atomic E-state index is 12.5. The van der Waals surface area contributed by atoms with E-state index in [1.54, 1.807) is 38.5 Å². The van der Waals surface area contributed by atoms with Gasteiger partial charge in [-0.15, -0.1) is 0 Å². The lowest BCUT2D eigenvalue weighted by molar-refractivity contribution is 0.0781. The Labute approximate surface area is 123 Å². The molecule has 2 rings (SSSR count). The smallest absolute Gasteiger partial charge is 0.255 e. The number of nitrogens with zero attached hydrogens (tertiary/aromatic N) is 2. The zero-order valence-corrected chi connectivity index (χ0v) is 12.7. The number of hydrogen-bond acceptors (Lipinski definition) is 4. The molecule has 21 heavy (non-hydrogen) atoms. The van der Waals surface area contributed by atoms with Gasteiger partial charge in [0.05, 0.1) is 22.4 Å². The molecule has 0 unspecified atom stereocenters. The van der Waals surface area contributed by atoms with Gasteiger partial charge in [-0.25, -0.2) is 8.42 Å². The number of rotatable bonds is 5. The molecule has 6 nitrogen and oxygen atoms in total. The van der Waals surface area contributed by atoms with Gasteiger partial charge in [0.15, 0.2) is 9.84 Å². The average molecular weight is 307 g/mol. The Morgan fingerprint density at radius 2 is 2.05 bits per heavy atom. The molecule has 0 saturated carbocycles. The van der Waals surface area contributed by atoms with E-state index < -0.39 is 9.84 Å². The van der Waals surface area contributed by atoms with Crippen molar-refractivity contribution in [1.82, 2.24) is 15.1 Å². The predicted molar refractivity (Wildman–Crippen MR) is 78.6 cm³/mol. The van der Waals surface area contributed by atoms with Gasteiger partial charge in [0, 0.05) is 25.4 Å². The van der Waals surface area contributed by atoms with Gasteiger partial charge in [-0.2, -0.15) is 5.10 Å². The Kier molecular flexibility index (Phi) is 4.42. The summed E-state index contributed by atoms with van der Waals surface area (Å²) in [5.41, 5.74) is 1.05. The number of carbonyl (C=O) groups excluding carboxylic acids is 1. The first-order valence-electron chi connectivity index (χ1n) is 6.50. The maximum Gasteiger partial charge on any atom is 0.255 e. The normalized spacial score (nSPS) is 11.3. The van der Waals surface area contributed by atoms with Crippen LogP contribution in [0.5, 0.6) is 0 Å². The molecule has 1 aromatic heterocycles. The van der Waals surface area contributed by atoms with Crippen LogP contribution in [0.4, 0.5) is 0 Å². The second kappa shape index (κ2) is 6.09. The molecule has 0 spiro atoms. The Balaban J connectivity index is 2.31. The number of aromatic nitrogens is 2. The molecule has 0 bridgehead atoms. The maximum absolute atomic E-state index is 12.5. The Bertz CT molecular complexity index is 724. The highest BCUT2D eigenvalue weighted by atomic mass is 32.2. The van der Waals surface area contributed by atoms with Crippen LogP contribution < -0.4 is 0 Å². The third kappa shape index (κ3) is 3.30. The number of amides is 1. The molecule has 0 aliphatic rings. The molecule has 1 amide bonds. The van der Waals surface area contributed by atoms with E-state index in [2.05, 4.69) is 10.2 Å². The lowest BCUT2D eigenvalue weighted by Crippen LogP contribution is -2.27. The Hall–Kier alpha value is -2.15. The van der Waals surface area contributed by atoms with Crippen molar-refractivity contribution in [3.63, 3.8) is 0 Å². The molecular formula is C14H17N3O3S. The second-order valence-electron chi connectivity index (χ2n) is 4.67. The van der Waals surface area contributed by atoms with Crippen molar-refractivity contribution < 1.29 is 13.2 Å². The van der Waals surface area contributed by atoms with E-state index in [1.165, 1.54) is 17.0 Å². The molecule has 0 radical (unpaired) electrons. The van der Waals surface area contributed by atoms with Crippen molar-refractivity contribution in [2.75, 3.05) is 12.8 Å². The van der Waals surface area contributed by atoms with Crippen LogP contribution in [0.25, 0.3) is 0 Å². The van der Waals surface area contributed by atoms with Gasteiger partial charge < -0.3 is 4.90 Å². The van der Waals surface area contributed by atoms with Crippen LogP contribution >= 0.6 is 0 Å². The van der Waals surface area contributed by atoms with E-state index in [1.807, 2.05) is 0 Å². The summed E-state index contributed by atoms with van der Waals surface area (Å²) in [5, 5.41) is 6.49. The fourth-order valence-corrected chi connectivity index (χ4v) is 3.07. The van der Waals surface area contributed by atoms with Crippen LogP contribution in [-0.4, -0.2) is 42.2 Å². The van der Waals surface area contributed by atoms with Gasteiger partial charge >= 0.3 is 0 Å². The minimum atomic E-state index is -3.44. The monoisotopic (exact) mass is 307 g/mol. The highest BCUT2D eigenvalue weighted by molar-refractivity contribution is 7.91. The molecule has 0 aliphatic heterocycles. The van der Waals surface area contributed by atoms with Crippen LogP contribution in [0, 0.1) is 0 Å². The summed E-state index contributed by atoms with van der Waals surface area (Å²) in [4.78, 5) is 14.0. The van der Waals surface area contributed by atoms with Crippen molar-refractivity contribution in [2.45, 2.75) is 18.4 Å². The van der Waals surface area contributed by atoms with Gasteiger partial charge in [0.25, 0.3) is 5.91 Å². The summed E-state index contributed by atoms with van der Waals surface area (Å²) in [5.74, 6) is -0.369. The lowest BCUT2D eigenvalue weighted by Gasteiger charge is -2.18. The Morgan fingerprint density at radius 1 is 1.33 bits per heavy atom. The summed E-state index contributed by atoms with van der Waals surface area (Å²) in [7, 11) is -1.81. The first-order valence-corrected chi connectivity index (χ1v) is 8.16. The van der Waals surface area contributed by atoms with Crippen molar-refractivity contribution >= 4 is 15.7 Å². The molecule has 1 aromatic carbocycles. The zero-order valence-electron chi connectivity index (χ0n) is 11.9. The highest BCUT2D eigenvalue weighted by Gasteiger charge is 2.22. The topological polar surface area (TPSA) is 83.1 Å². The molecule has 0 saturated heterocycles. The molecule has 112 valence electrons. The number of sulfone groups is 1. The SMILES string of the molecule is CCS(=O)(=O)c1ccccc1C(=O)N(C)Cc1cn[nH]c1. The fraction of sp³-hybridized carbons (Fsp3) is 0.286. The average Bonchev–Trinajstić information content (AvgIpc) is 2.99. The minimum Gasteiger partial charge on any atom is -0.337 e. The summed E-state index contributed by atoms with van der Waals surface area (Å²) in [6.07, 6.45) is 3.32. The molecule has 0 aliphatic carbocycles. The van der Waals surface area contributed by atoms with Crippen LogP contribution in [0.2, 0.25) is 0 Å². The number of carbonyl (C=O) groups is 1. The second-order valence-corrected chi connectivity index (χ2v) is 6.91. The van der Waals surface area contributed by atoms with Crippen LogP contribution in [0.1, 0.15) is 22.8 Å². The van der Waals surface area contributed by atoms with Crippen LogP contribution in [0.15, 0.2) is 41.6 Å². The summed E-state index contributed by atoms with van der Waals surface area (Å²) in [6.45, 7) is 1.92. The van der Waals surface area contributed by atoms with Crippen molar-refractivity contribution in [3.05, 3.63) is 47.8 Å². The quantitative estimate of drug-likeness (QED) is 0.907. The van der Waals surface area contributed by atoms with Gasteiger partial charge in [-0.3, -0.25) is 9.89 Å². The molecule has 1 N–H and O–H groups in total. The van der Waals surface area contributed by atoms with E-state index in [0.29, 0.717) is 6.54 Å². The first kappa shape index (κ1) is 15.2. The molecule has 1 heterocycles. The summed E-state index contributed by atoms with van der Waals surface area (Å²) < 4.78 is 24.2. The van der Waals surface area contributed by atoms with Crippen molar-refractivity contribution in [1.29, 1.82) is 0 Å². The Morgan fingerprint density at radius 3 is 2.67 bits per heavy atom. The zero-order chi connectivity index (χ0) is 15.5. The molecular weight excluding hydrogens is 290 g/mol. The van der Waals surface area contributed by atoms with E-state index in [0.717, 1.165) is 5.56 Å². The van der Waals surface area contributed by atoms with Crippen molar-refractivity contribution in [3.8, 4) is 0 Å². The number of nitrogens with one attached hydrogen (secondary N) is 1. The van der Waals surface area contributed by atoms with Gasteiger partial charge in [-0.1, -0.05) is 19.1 Å². The highest BCUT2D eigenvalue weighted by Crippen LogP contribution is 2.19. The van der Waals surface area contributed by atoms with E-state index in [4.69, 9.17) is 0 Å². The predicted octanol–water partition coefficient (Wildman–Crippen LogP) is 1.48. The molecule has 2 aromatic rings. The number of aromatic amines is 1. The summed E-state index contributed by atoms with van der Waals surface area (Å²) >= 11 is 0. The lowest BCUT2D eigenvalue weighted by atomic mass is 10.2. The standard InChI is InChI=1S/C14H17N3O3S/c1-3-21(19,20)13-7-5-4-6-12(13)14(18)17(2)10-11-8-15-16-9-11/h4-9H,3,10H2,1-2H3,(H,15,16). The number of H-pyrrole nitrogens is 1. The molecule has 0 atom stereocenters.